The van der Waals surface area contributed by atoms with Gasteiger partial charge < -0.3 is 14.9 Å². The van der Waals surface area contributed by atoms with Crippen LogP contribution >= 0.6 is 0 Å². The minimum Gasteiger partial charge on any atom is -0.480 e. The predicted octanol–water partition coefficient (Wildman–Crippen LogP) is 0.0522. The van der Waals surface area contributed by atoms with Gasteiger partial charge in [-0.05, 0) is 6.92 Å². The molecule has 8 heteroatoms. The summed E-state index contributed by atoms with van der Waals surface area (Å²) in [6.45, 7) is 4.43. The normalized spacial score (nSPS) is 17.5. The van der Waals surface area contributed by atoms with Gasteiger partial charge in [-0.3, -0.25) is 14.8 Å². The molecule has 8 nitrogen and oxygen atoms in total. The van der Waals surface area contributed by atoms with Crippen LogP contribution in [0.25, 0.3) is 0 Å². The molecular formula is C13H21N5O3. The number of carboxylic acid groups (broad SMARTS) is 1. The van der Waals surface area contributed by atoms with Crippen molar-refractivity contribution in [2.45, 2.75) is 19.5 Å². The Hall–Kier alpha value is -2.09. The van der Waals surface area contributed by atoms with Crippen LogP contribution in [0.5, 0.6) is 0 Å². The number of H-pyrrole nitrogens is 1. The zero-order valence-electron chi connectivity index (χ0n) is 12.3. The van der Waals surface area contributed by atoms with Crippen molar-refractivity contribution >= 4 is 12.0 Å². The fourth-order valence-corrected chi connectivity index (χ4v) is 2.40. The number of nitrogens with one attached hydrogen (secondary N) is 1. The Balaban J connectivity index is 1.84. The standard InChI is InChI=1S/C13H21N5O3/c1-10(12(19)20)17-3-5-18(6-4-17)13(21)16(2)9-11-7-14-15-8-11/h7-8,10H,3-6,9H2,1-2H3,(H,14,15)(H,19,20). The van der Waals surface area contributed by atoms with Crippen LogP contribution in [0.15, 0.2) is 12.4 Å². The molecule has 1 atom stereocenters. The zero-order valence-corrected chi connectivity index (χ0v) is 12.3. The van der Waals surface area contributed by atoms with Gasteiger partial charge in [0.05, 0.1) is 12.7 Å². The molecule has 0 aromatic carbocycles. The van der Waals surface area contributed by atoms with E-state index in [1.54, 1.807) is 36.2 Å². The highest BCUT2D eigenvalue weighted by atomic mass is 16.4. The smallest absolute Gasteiger partial charge is 0.320 e. The third-order valence-electron chi connectivity index (χ3n) is 3.79. The summed E-state index contributed by atoms with van der Waals surface area (Å²) in [5.74, 6) is -0.827. The highest BCUT2D eigenvalue weighted by Crippen LogP contribution is 2.10. The molecule has 0 aliphatic carbocycles. The van der Waals surface area contributed by atoms with Crippen molar-refractivity contribution in [2.75, 3.05) is 33.2 Å². The Labute approximate surface area is 123 Å². The van der Waals surface area contributed by atoms with Gasteiger partial charge in [0.2, 0.25) is 0 Å². The average Bonchev–Trinajstić information content (AvgIpc) is 2.98. The lowest BCUT2D eigenvalue weighted by Gasteiger charge is -2.38. The summed E-state index contributed by atoms with van der Waals surface area (Å²) in [6, 6.07) is -0.551. The first-order valence-electron chi connectivity index (χ1n) is 6.93. The molecule has 2 heterocycles. The van der Waals surface area contributed by atoms with E-state index in [9.17, 15) is 9.59 Å². The highest BCUT2D eigenvalue weighted by Gasteiger charge is 2.28. The zero-order chi connectivity index (χ0) is 15.4. The fourth-order valence-electron chi connectivity index (χ4n) is 2.40. The van der Waals surface area contributed by atoms with Gasteiger partial charge in [0.1, 0.15) is 6.04 Å². The number of aromatic nitrogens is 2. The number of hydrogen-bond donors (Lipinski definition) is 2. The Morgan fingerprint density at radius 1 is 1.43 bits per heavy atom. The van der Waals surface area contributed by atoms with Gasteiger partial charge >= 0.3 is 12.0 Å². The lowest BCUT2D eigenvalue weighted by atomic mass is 10.2. The van der Waals surface area contributed by atoms with Crippen LogP contribution in [-0.4, -0.2) is 81.3 Å². The summed E-state index contributed by atoms with van der Waals surface area (Å²) in [5.41, 5.74) is 0.948. The Morgan fingerprint density at radius 2 is 2.10 bits per heavy atom. The van der Waals surface area contributed by atoms with Crippen LogP contribution in [-0.2, 0) is 11.3 Å². The molecule has 1 unspecified atom stereocenters. The molecule has 2 rings (SSSR count). The number of nitrogens with zero attached hydrogens (tertiary/aromatic N) is 4. The predicted molar refractivity (Wildman–Crippen MR) is 75.7 cm³/mol. The molecular weight excluding hydrogens is 274 g/mol. The van der Waals surface area contributed by atoms with Crippen LogP contribution in [0.3, 0.4) is 0 Å². The van der Waals surface area contributed by atoms with Gasteiger partial charge in [-0.1, -0.05) is 0 Å². The van der Waals surface area contributed by atoms with Gasteiger partial charge in [-0.25, -0.2) is 4.79 Å². The lowest BCUT2D eigenvalue weighted by molar-refractivity contribution is -0.143. The van der Waals surface area contributed by atoms with E-state index in [4.69, 9.17) is 5.11 Å². The summed E-state index contributed by atoms with van der Waals surface area (Å²) >= 11 is 0. The SMILES string of the molecule is CC(C(=O)O)N1CCN(C(=O)N(C)Cc2cn[nH]c2)CC1. The van der Waals surface area contributed by atoms with E-state index < -0.39 is 12.0 Å². The molecule has 2 amide bonds. The monoisotopic (exact) mass is 295 g/mol. The van der Waals surface area contributed by atoms with E-state index in [0.717, 1.165) is 5.56 Å². The lowest BCUT2D eigenvalue weighted by Crippen LogP contribution is -2.55. The molecule has 1 aliphatic heterocycles. The number of aromatic amines is 1. The maximum Gasteiger partial charge on any atom is 0.320 e. The molecule has 1 aromatic heterocycles. The van der Waals surface area contributed by atoms with Crippen molar-refractivity contribution in [2.24, 2.45) is 0 Å². The van der Waals surface area contributed by atoms with Crippen molar-refractivity contribution in [1.29, 1.82) is 0 Å². The first kappa shape index (κ1) is 15.3. The van der Waals surface area contributed by atoms with Crippen LogP contribution in [0.1, 0.15) is 12.5 Å². The number of piperazine rings is 1. The van der Waals surface area contributed by atoms with E-state index >= 15 is 0 Å². The van der Waals surface area contributed by atoms with Crippen LogP contribution in [0.4, 0.5) is 4.79 Å². The molecule has 1 fully saturated rings. The minimum absolute atomic E-state index is 0.0428. The van der Waals surface area contributed by atoms with E-state index in [1.807, 2.05) is 4.90 Å². The largest absolute Gasteiger partial charge is 0.480 e. The first-order valence-corrected chi connectivity index (χ1v) is 6.93. The molecule has 0 radical (unpaired) electrons. The third-order valence-corrected chi connectivity index (χ3v) is 3.79. The number of carbonyl (C=O) groups is 2. The van der Waals surface area contributed by atoms with E-state index in [0.29, 0.717) is 32.7 Å². The summed E-state index contributed by atoms with van der Waals surface area (Å²) in [4.78, 5) is 28.6. The first-order chi connectivity index (χ1) is 9.99. The third kappa shape index (κ3) is 3.72. The maximum absolute atomic E-state index is 12.3. The topological polar surface area (TPSA) is 92.8 Å². The summed E-state index contributed by atoms with van der Waals surface area (Å²) < 4.78 is 0. The second kappa shape index (κ2) is 6.57. The number of urea groups is 1. The van der Waals surface area contributed by atoms with E-state index in [2.05, 4.69) is 10.2 Å². The van der Waals surface area contributed by atoms with Crippen molar-refractivity contribution in [3.63, 3.8) is 0 Å². The van der Waals surface area contributed by atoms with Crippen molar-refractivity contribution in [3.8, 4) is 0 Å². The molecule has 0 bridgehead atoms. The summed E-state index contributed by atoms with van der Waals surface area (Å²) in [6.07, 6.45) is 3.45. The Bertz CT molecular complexity index is 482. The number of amides is 2. The van der Waals surface area contributed by atoms with Gasteiger partial charge in [-0.15, -0.1) is 0 Å². The van der Waals surface area contributed by atoms with E-state index in [1.165, 1.54) is 0 Å². The highest BCUT2D eigenvalue weighted by molar-refractivity contribution is 5.75. The molecule has 0 spiro atoms. The molecule has 2 N–H and O–H groups in total. The summed E-state index contributed by atoms with van der Waals surface area (Å²) in [5, 5.41) is 15.6. The second-order valence-corrected chi connectivity index (χ2v) is 5.28. The van der Waals surface area contributed by atoms with Crippen LogP contribution in [0, 0.1) is 0 Å². The summed E-state index contributed by atoms with van der Waals surface area (Å²) in [7, 11) is 1.75. The molecule has 116 valence electrons. The Kier molecular flexibility index (Phi) is 4.79. The molecule has 1 aromatic rings. The number of rotatable bonds is 4. The molecule has 1 aliphatic rings. The fraction of sp³-hybridized carbons (Fsp3) is 0.615. The number of aliphatic carboxylic acids is 1. The average molecular weight is 295 g/mol. The molecule has 1 saturated heterocycles. The quantitative estimate of drug-likeness (QED) is 0.819. The van der Waals surface area contributed by atoms with E-state index in [-0.39, 0.29) is 6.03 Å². The van der Waals surface area contributed by atoms with Crippen molar-refractivity contribution in [3.05, 3.63) is 18.0 Å². The van der Waals surface area contributed by atoms with Gasteiger partial charge in [0.15, 0.2) is 0 Å². The van der Waals surface area contributed by atoms with Crippen LogP contribution < -0.4 is 0 Å². The van der Waals surface area contributed by atoms with Gasteiger partial charge in [0, 0.05) is 45.0 Å². The minimum atomic E-state index is -0.827. The van der Waals surface area contributed by atoms with Gasteiger partial charge in [0.25, 0.3) is 0 Å². The number of carbonyl (C=O) groups excluding carboxylic acids is 1. The van der Waals surface area contributed by atoms with Crippen LogP contribution in [0.2, 0.25) is 0 Å². The number of hydrogen-bond acceptors (Lipinski definition) is 4. The second-order valence-electron chi connectivity index (χ2n) is 5.28. The van der Waals surface area contributed by atoms with Gasteiger partial charge in [-0.2, -0.15) is 5.10 Å². The maximum atomic E-state index is 12.3. The molecule has 0 saturated carbocycles. The Morgan fingerprint density at radius 3 is 2.62 bits per heavy atom. The number of carboxylic acids is 1. The van der Waals surface area contributed by atoms with Crippen molar-refractivity contribution in [1.82, 2.24) is 24.9 Å². The molecule has 21 heavy (non-hydrogen) atoms. The van der Waals surface area contributed by atoms with Crippen molar-refractivity contribution < 1.29 is 14.7 Å².